The number of aliphatic imine (C=N–C) groups is 1. The van der Waals surface area contributed by atoms with Crippen LogP contribution in [-0.4, -0.2) is 24.2 Å². The SMILES string of the molecule is CCCCCCCCOc1ccc(C2N=C(NC#N)Nc3nc(N)c(C#N)c(N)c32)cc1OCCCCCCCC. The Morgan fingerprint density at radius 3 is 2.10 bits per heavy atom. The number of pyridine rings is 1. The molecule has 10 nitrogen and oxygen atoms in total. The summed E-state index contributed by atoms with van der Waals surface area (Å²) < 4.78 is 12.4. The minimum Gasteiger partial charge on any atom is -0.490 e. The van der Waals surface area contributed by atoms with Crippen molar-refractivity contribution in [2.24, 2.45) is 4.99 Å². The van der Waals surface area contributed by atoms with E-state index >= 15 is 0 Å². The fourth-order valence-electron chi connectivity index (χ4n) is 4.88. The molecule has 6 N–H and O–H groups in total. The number of nitrogens with two attached hydrogens (primary N) is 2. The average molecular weight is 561 g/mol. The van der Waals surface area contributed by atoms with Gasteiger partial charge in [0.25, 0.3) is 0 Å². The third kappa shape index (κ3) is 8.91. The molecule has 1 aliphatic heterocycles. The van der Waals surface area contributed by atoms with Crippen molar-refractivity contribution in [3.05, 3.63) is 34.9 Å². The quantitative estimate of drug-likeness (QED) is 0.0953. The monoisotopic (exact) mass is 560 g/mol. The highest BCUT2D eigenvalue weighted by molar-refractivity contribution is 5.98. The lowest BCUT2D eigenvalue weighted by Gasteiger charge is -2.26. The van der Waals surface area contributed by atoms with Gasteiger partial charge in [-0.2, -0.15) is 10.5 Å². The number of rotatable bonds is 17. The van der Waals surface area contributed by atoms with Crippen LogP contribution in [-0.2, 0) is 0 Å². The van der Waals surface area contributed by atoms with Gasteiger partial charge >= 0.3 is 0 Å². The van der Waals surface area contributed by atoms with Crippen molar-refractivity contribution >= 4 is 23.3 Å². The molecule has 1 aliphatic rings. The fraction of sp³-hybridized carbons (Fsp3) is 0.548. The van der Waals surface area contributed by atoms with Gasteiger partial charge in [-0.05, 0) is 30.5 Å². The summed E-state index contributed by atoms with van der Waals surface area (Å²) in [7, 11) is 0. The van der Waals surface area contributed by atoms with Crippen molar-refractivity contribution in [2.75, 3.05) is 30.0 Å². The zero-order valence-corrected chi connectivity index (χ0v) is 24.5. The minimum atomic E-state index is -0.647. The van der Waals surface area contributed by atoms with Gasteiger partial charge in [-0.25, -0.2) is 9.98 Å². The normalized spacial score (nSPS) is 13.8. The van der Waals surface area contributed by atoms with E-state index in [1.165, 1.54) is 51.4 Å². The zero-order valence-electron chi connectivity index (χ0n) is 24.5. The number of hydrogen-bond acceptors (Lipinski definition) is 10. The van der Waals surface area contributed by atoms with E-state index in [1.54, 1.807) is 0 Å². The second-order valence-electron chi connectivity index (χ2n) is 10.3. The number of nitriles is 2. The molecule has 2 heterocycles. The van der Waals surface area contributed by atoms with Gasteiger partial charge in [-0.3, -0.25) is 5.32 Å². The van der Waals surface area contributed by atoms with Crippen LogP contribution in [0.25, 0.3) is 0 Å². The molecule has 0 aliphatic carbocycles. The molecule has 220 valence electrons. The number of anilines is 3. The Hall–Kier alpha value is -4.18. The number of nitrogen functional groups attached to an aromatic ring is 2. The summed E-state index contributed by atoms with van der Waals surface area (Å²) in [5, 5.41) is 24.3. The Bertz CT molecular complexity index is 1250. The van der Waals surface area contributed by atoms with Gasteiger partial charge in [-0.1, -0.05) is 84.1 Å². The predicted octanol–water partition coefficient (Wildman–Crippen LogP) is 6.54. The maximum atomic E-state index is 9.63. The van der Waals surface area contributed by atoms with Crippen molar-refractivity contribution < 1.29 is 9.47 Å². The number of nitrogens with zero attached hydrogens (tertiary/aromatic N) is 4. The molecule has 0 fully saturated rings. The van der Waals surface area contributed by atoms with E-state index in [0.29, 0.717) is 36.1 Å². The number of ether oxygens (including phenoxy) is 2. The van der Waals surface area contributed by atoms with Crippen LogP contribution < -0.4 is 31.6 Å². The number of aromatic nitrogens is 1. The van der Waals surface area contributed by atoms with Crippen LogP contribution in [0.15, 0.2) is 23.2 Å². The van der Waals surface area contributed by atoms with Crippen LogP contribution >= 0.6 is 0 Å². The Morgan fingerprint density at radius 2 is 1.49 bits per heavy atom. The molecule has 2 aromatic rings. The highest BCUT2D eigenvalue weighted by Crippen LogP contribution is 2.42. The third-order valence-electron chi connectivity index (χ3n) is 7.15. The summed E-state index contributed by atoms with van der Waals surface area (Å²) in [6.45, 7) is 5.63. The maximum absolute atomic E-state index is 9.63. The zero-order chi connectivity index (χ0) is 29.5. The van der Waals surface area contributed by atoms with Crippen molar-refractivity contribution in [1.29, 1.82) is 10.5 Å². The summed E-state index contributed by atoms with van der Waals surface area (Å²) >= 11 is 0. The predicted molar refractivity (Wildman–Crippen MR) is 164 cm³/mol. The molecule has 0 saturated heterocycles. The molecule has 3 rings (SSSR count). The Balaban J connectivity index is 1.85. The van der Waals surface area contributed by atoms with Crippen LogP contribution in [0.4, 0.5) is 17.3 Å². The van der Waals surface area contributed by atoms with E-state index in [2.05, 4.69) is 34.5 Å². The number of unbranched alkanes of at least 4 members (excludes halogenated alkanes) is 10. The maximum Gasteiger partial charge on any atom is 0.211 e. The number of nitrogens with one attached hydrogen (secondary N) is 2. The second kappa shape index (κ2) is 16.8. The lowest BCUT2D eigenvalue weighted by molar-refractivity contribution is 0.258. The molecule has 0 saturated carbocycles. The van der Waals surface area contributed by atoms with E-state index in [4.69, 9.17) is 20.9 Å². The fourth-order valence-corrected chi connectivity index (χ4v) is 4.88. The largest absolute Gasteiger partial charge is 0.490 e. The van der Waals surface area contributed by atoms with Gasteiger partial charge < -0.3 is 26.3 Å². The first-order chi connectivity index (χ1) is 20.0. The van der Waals surface area contributed by atoms with Gasteiger partial charge in [0.2, 0.25) is 5.96 Å². The Kier molecular flexibility index (Phi) is 12.9. The van der Waals surface area contributed by atoms with Gasteiger partial charge in [0, 0.05) is 5.56 Å². The molecule has 0 bridgehead atoms. The van der Waals surface area contributed by atoms with Crippen LogP contribution in [0.1, 0.15) is 114 Å². The molecule has 0 spiro atoms. The van der Waals surface area contributed by atoms with Crippen molar-refractivity contribution in [3.63, 3.8) is 0 Å². The second-order valence-corrected chi connectivity index (χ2v) is 10.3. The summed E-state index contributed by atoms with van der Waals surface area (Å²) in [5.74, 6) is 1.88. The molecule has 1 aromatic carbocycles. The number of guanidine groups is 1. The molecule has 1 unspecified atom stereocenters. The number of hydrogen-bond donors (Lipinski definition) is 4. The Labute approximate surface area is 244 Å². The molecular weight excluding hydrogens is 516 g/mol. The first-order valence-electron chi connectivity index (χ1n) is 14.9. The summed E-state index contributed by atoms with van der Waals surface area (Å²) in [6, 6.07) is 7.10. The van der Waals surface area contributed by atoms with E-state index in [9.17, 15) is 10.5 Å². The van der Waals surface area contributed by atoms with Crippen LogP contribution in [0.5, 0.6) is 11.5 Å². The molecule has 0 radical (unpaired) electrons. The number of benzene rings is 1. The van der Waals surface area contributed by atoms with E-state index in [1.807, 2.05) is 30.5 Å². The van der Waals surface area contributed by atoms with E-state index in [0.717, 1.165) is 31.2 Å². The lowest BCUT2D eigenvalue weighted by Crippen LogP contribution is -2.32. The number of fused-ring (bicyclic) bond motifs is 1. The minimum absolute atomic E-state index is 0.00890. The van der Waals surface area contributed by atoms with Gasteiger partial charge in [0.1, 0.15) is 29.3 Å². The first-order valence-corrected chi connectivity index (χ1v) is 14.9. The highest BCUT2D eigenvalue weighted by Gasteiger charge is 2.30. The standard InChI is InChI=1S/C31H44N8O2/c1-3-5-7-9-11-13-17-40-24-16-15-22(19-25(24)41-18-14-12-10-8-6-4-2)28-26-27(34)23(20-32)29(35)38-30(26)39-31(37-28)36-21-33/h15-16,19,28H,3-14,17-18H2,1-2H3,(H6,34,35,36,37,38,39). The third-order valence-corrected chi connectivity index (χ3v) is 7.15. The first kappa shape index (κ1) is 31.3. The molecule has 10 heteroatoms. The average Bonchev–Trinajstić information content (AvgIpc) is 2.96. The molecule has 41 heavy (non-hydrogen) atoms. The topological polar surface area (TPSA) is 167 Å². The smallest absolute Gasteiger partial charge is 0.211 e. The molecule has 1 aromatic heterocycles. The summed E-state index contributed by atoms with van der Waals surface area (Å²) in [5.41, 5.74) is 14.0. The molecular formula is C31H44N8O2. The summed E-state index contributed by atoms with van der Waals surface area (Å²) in [6.07, 6.45) is 16.0. The Morgan fingerprint density at radius 1 is 0.878 bits per heavy atom. The van der Waals surface area contributed by atoms with E-state index < -0.39 is 6.04 Å². The van der Waals surface area contributed by atoms with Crippen molar-refractivity contribution in [1.82, 2.24) is 10.3 Å². The van der Waals surface area contributed by atoms with Crippen LogP contribution in [0.2, 0.25) is 0 Å². The van der Waals surface area contributed by atoms with E-state index in [-0.39, 0.29) is 23.0 Å². The molecule has 1 atom stereocenters. The summed E-state index contributed by atoms with van der Waals surface area (Å²) in [4.78, 5) is 9.01. The van der Waals surface area contributed by atoms with Gasteiger partial charge in [0.05, 0.1) is 18.9 Å². The lowest BCUT2D eigenvalue weighted by atomic mass is 9.95. The highest BCUT2D eigenvalue weighted by atomic mass is 16.5. The van der Waals surface area contributed by atoms with Crippen molar-refractivity contribution in [2.45, 2.75) is 96.9 Å². The van der Waals surface area contributed by atoms with Gasteiger partial charge in [-0.15, -0.1) is 0 Å². The van der Waals surface area contributed by atoms with Gasteiger partial charge in [0.15, 0.2) is 17.7 Å². The van der Waals surface area contributed by atoms with Crippen LogP contribution in [0, 0.1) is 22.8 Å². The molecule has 0 amide bonds. The van der Waals surface area contributed by atoms with Crippen LogP contribution in [0.3, 0.4) is 0 Å². The van der Waals surface area contributed by atoms with Crippen molar-refractivity contribution in [3.8, 4) is 23.8 Å².